The van der Waals surface area contributed by atoms with Crippen LogP contribution in [-0.2, 0) is 19.4 Å². The van der Waals surface area contributed by atoms with Crippen LogP contribution in [0.1, 0.15) is 40.9 Å². The number of hydrogen-bond donors (Lipinski definition) is 3. The molecule has 1 aliphatic rings. The van der Waals surface area contributed by atoms with Gasteiger partial charge in [-0.1, -0.05) is 36.4 Å². The highest BCUT2D eigenvalue weighted by molar-refractivity contribution is 14.0. The standard InChI is InChI=1S/C25H35N5O.HI/c1-4-27-25(28-14-12-20-8-7-11-22(16-20)24(31)26-3)29-17-19(2)30-15-13-21-9-5-6-10-23(21)18-30;/h5-11,16,19H,4,12-15,17-18H2,1-3H3,(H,26,31)(H2,27,28,29);1H. The van der Waals surface area contributed by atoms with Crippen molar-refractivity contribution in [2.45, 2.75) is 39.3 Å². The number of nitrogens with one attached hydrogen (secondary N) is 3. The van der Waals surface area contributed by atoms with Crippen LogP contribution in [0.3, 0.4) is 0 Å². The lowest BCUT2D eigenvalue weighted by Gasteiger charge is -2.33. The second-order valence-corrected chi connectivity index (χ2v) is 8.01. The molecule has 1 unspecified atom stereocenters. The summed E-state index contributed by atoms with van der Waals surface area (Å²) >= 11 is 0. The fourth-order valence-electron chi connectivity index (χ4n) is 3.91. The summed E-state index contributed by atoms with van der Waals surface area (Å²) in [5.74, 6) is 0.785. The zero-order chi connectivity index (χ0) is 22.1. The molecule has 0 aromatic heterocycles. The van der Waals surface area contributed by atoms with Gasteiger partial charge < -0.3 is 16.0 Å². The van der Waals surface area contributed by atoms with Gasteiger partial charge in [0.1, 0.15) is 0 Å². The Morgan fingerprint density at radius 2 is 1.91 bits per heavy atom. The predicted molar refractivity (Wildman–Crippen MR) is 143 cm³/mol. The van der Waals surface area contributed by atoms with Gasteiger partial charge in [0.05, 0.1) is 6.54 Å². The quantitative estimate of drug-likeness (QED) is 0.269. The van der Waals surface area contributed by atoms with Crippen molar-refractivity contribution in [1.29, 1.82) is 0 Å². The molecule has 1 aliphatic heterocycles. The van der Waals surface area contributed by atoms with E-state index < -0.39 is 0 Å². The molecule has 2 aromatic rings. The topological polar surface area (TPSA) is 68.8 Å². The van der Waals surface area contributed by atoms with Gasteiger partial charge in [-0.3, -0.25) is 14.7 Å². The van der Waals surface area contributed by atoms with Crippen molar-refractivity contribution in [3.05, 3.63) is 70.8 Å². The van der Waals surface area contributed by atoms with Gasteiger partial charge >= 0.3 is 0 Å². The van der Waals surface area contributed by atoms with Crippen molar-refractivity contribution in [2.75, 3.05) is 33.2 Å². The molecular weight excluding hydrogens is 513 g/mol. The second-order valence-electron chi connectivity index (χ2n) is 8.01. The molecule has 0 bridgehead atoms. The van der Waals surface area contributed by atoms with E-state index in [4.69, 9.17) is 4.99 Å². The van der Waals surface area contributed by atoms with Crippen molar-refractivity contribution in [1.82, 2.24) is 20.9 Å². The summed E-state index contributed by atoms with van der Waals surface area (Å²) in [5.41, 5.74) is 4.74. The van der Waals surface area contributed by atoms with Crippen LogP contribution in [0.15, 0.2) is 53.5 Å². The van der Waals surface area contributed by atoms with Crippen LogP contribution < -0.4 is 16.0 Å². The van der Waals surface area contributed by atoms with Gasteiger partial charge in [-0.2, -0.15) is 0 Å². The first-order chi connectivity index (χ1) is 15.1. The molecule has 6 nitrogen and oxygen atoms in total. The maximum absolute atomic E-state index is 11.8. The maximum atomic E-state index is 11.8. The highest BCUT2D eigenvalue weighted by atomic mass is 127. The van der Waals surface area contributed by atoms with Crippen LogP contribution in [0.2, 0.25) is 0 Å². The largest absolute Gasteiger partial charge is 0.357 e. The number of nitrogens with zero attached hydrogens (tertiary/aromatic N) is 2. The van der Waals surface area contributed by atoms with Crippen molar-refractivity contribution in [3.8, 4) is 0 Å². The van der Waals surface area contributed by atoms with Crippen LogP contribution in [-0.4, -0.2) is 56.0 Å². The van der Waals surface area contributed by atoms with E-state index in [1.807, 2.05) is 18.2 Å². The van der Waals surface area contributed by atoms with Crippen LogP contribution in [0.5, 0.6) is 0 Å². The minimum absolute atomic E-state index is 0. The average molecular weight is 550 g/mol. The smallest absolute Gasteiger partial charge is 0.251 e. The number of benzene rings is 2. The Bertz CT molecular complexity index is 901. The van der Waals surface area contributed by atoms with E-state index in [2.05, 4.69) is 65.0 Å². The van der Waals surface area contributed by atoms with E-state index in [0.29, 0.717) is 11.6 Å². The lowest BCUT2D eigenvalue weighted by Crippen LogP contribution is -2.42. The Morgan fingerprint density at radius 1 is 1.12 bits per heavy atom. The molecule has 0 saturated carbocycles. The number of fused-ring (bicyclic) bond motifs is 1. The molecular formula is C25H36IN5O. The van der Waals surface area contributed by atoms with Gasteiger partial charge in [-0.05, 0) is 55.5 Å². The summed E-state index contributed by atoms with van der Waals surface area (Å²) in [6, 6.07) is 16.9. The van der Waals surface area contributed by atoms with Gasteiger partial charge in [-0.15, -0.1) is 24.0 Å². The van der Waals surface area contributed by atoms with Gasteiger partial charge in [0, 0.05) is 44.8 Å². The van der Waals surface area contributed by atoms with E-state index in [1.54, 1.807) is 7.05 Å². The van der Waals surface area contributed by atoms with E-state index >= 15 is 0 Å². The monoisotopic (exact) mass is 549 g/mol. The van der Waals surface area contributed by atoms with E-state index in [1.165, 1.54) is 11.1 Å². The third kappa shape index (κ3) is 7.48. The van der Waals surface area contributed by atoms with Crippen molar-refractivity contribution in [2.24, 2.45) is 4.99 Å². The van der Waals surface area contributed by atoms with E-state index in [0.717, 1.165) is 57.1 Å². The number of rotatable bonds is 8. The summed E-state index contributed by atoms with van der Waals surface area (Å²) in [6.45, 7) is 8.75. The Morgan fingerprint density at radius 3 is 2.66 bits per heavy atom. The maximum Gasteiger partial charge on any atom is 0.251 e. The van der Waals surface area contributed by atoms with E-state index in [-0.39, 0.29) is 29.9 Å². The lowest BCUT2D eigenvalue weighted by molar-refractivity contribution is 0.0963. The fourth-order valence-corrected chi connectivity index (χ4v) is 3.91. The molecule has 32 heavy (non-hydrogen) atoms. The summed E-state index contributed by atoms with van der Waals surface area (Å²) in [5, 5.41) is 9.44. The van der Waals surface area contributed by atoms with Gasteiger partial charge in [-0.25, -0.2) is 0 Å². The van der Waals surface area contributed by atoms with Crippen molar-refractivity contribution < 1.29 is 4.79 Å². The lowest BCUT2D eigenvalue weighted by atomic mass is 9.99. The zero-order valence-electron chi connectivity index (χ0n) is 19.4. The summed E-state index contributed by atoms with van der Waals surface area (Å²) in [7, 11) is 1.65. The number of hydrogen-bond acceptors (Lipinski definition) is 3. The minimum Gasteiger partial charge on any atom is -0.357 e. The molecule has 0 spiro atoms. The molecule has 3 N–H and O–H groups in total. The zero-order valence-corrected chi connectivity index (χ0v) is 21.7. The molecule has 2 aromatic carbocycles. The number of amides is 1. The number of carbonyl (C=O) groups excluding carboxylic acids is 1. The van der Waals surface area contributed by atoms with Crippen LogP contribution in [0.4, 0.5) is 0 Å². The summed E-state index contributed by atoms with van der Waals surface area (Å²) in [4.78, 5) is 19.2. The first kappa shape index (κ1) is 26.1. The highest BCUT2D eigenvalue weighted by Gasteiger charge is 2.20. The predicted octanol–water partition coefficient (Wildman–Crippen LogP) is 3.21. The van der Waals surface area contributed by atoms with Gasteiger partial charge in [0.25, 0.3) is 5.91 Å². The van der Waals surface area contributed by atoms with Gasteiger partial charge in [0.15, 0.2) is 5.96 Å². The summed E-state index contributed by atoms with van der Waals surface area (Å²) < 4.78 is 0. The van der Waals surface area contributed by atoms with Crippen LogP contribution in [0, 0.1) is 0 Å². The third-order valence-corrected chi connectivity index (χ3v) is 5.76. The normalized spacial score (nSPS) is 14.7. The van der Waals surface area contributed by atoms with Crippen LogP contribution >= 0.6 is 24.0 Å². The fraction of sp³-hybridized carbons (Fsp3) is 0.440. The molecule has 1 heterocycles. The van der Waals surface area contributed by atoms with Crippen LogP contribution in [0.25, 0.3) is 0 Å². The third-order valence-electron chi connectivity index (χ3n) is 5.76. The number of guanidine groups is 1. The Hall–Kier alpha value is -2.13. The molecule has 3 rings (SSSR count). The Balaban J connectivity index is 0.00000363. The van der Waals surface area contributed by atoms with Gasteiger partial charge in [0.2, 0.25) is 0 Å². The highest BCUT2D eigenvalue weighted by Crippen LogP contribution is 2.20. The molecule has 0 aliphatic carbocycles. The molecule has 174 valence electrons. The summed E-state index contributed by atoms with van der Waals surface area (Å²) in [6.07, 6.45) is 1.94. The first-order valence-electron chi connectivity index (χ1n) is 11.2. The first-order valence-corrected chi connectivity index (χ1v) is 11.2. The second kappa shape index (κ2) is 13.4. The molecule has 0 fully saturated rings. The number of halogens is 1. The minimum atomic E-state index is -0.0564. The molecule has 0 radical (unpaired) electrons. The number of aliphatic imine (C=N–C) groups is 1. The Kier molecular flexibility index (Phi) is 11.0. The van der Waals surface area contributed by atoms with Crippen molar-refractivity contribution >= 4 is 35.8 Å². The Labute approximate surface area is 209 Å². The number of carbonyl (C=O) groups is 1. The molecule has 1 atom stereocenters. The molecule has 1 amide bonds. The molecule has 7 heteroatoms. The molecule has 0 saturated heterocycles. The average Bonchev–Trinajstić information content (AvgIpc) is 2.81. The SMILES string of the molecule is CCNC(=NCC(C)N1CCc2ccccc2C1)NCCc1cccc(C(=O)NC)c1.I. The van der Waals surface area contributed by atoms with E-state index in [9.17, 15) is 4.79 Å². The van der Waals surface area contributed by atoms with Crippen molar-refractivity contribution in [3.63, 3.8) is 0 Å².